The predicted molar refractivity (Wildman–Crippen MR) is 77.9 cm³/mol. The van der Waals surface area contributed by atoms with Crippen LogP contribution in [0.15, 0.2) is 18.2 Å². The summed E-state index contributed by atoms with van der Waals surface area (Å²) in [5.74, 6) is 0.387. The number of phenolic OH excluding ortho intramolecular Hbond substituents is 1. The lowest BCUT2D eigenvalue weighted by atomic mass is 10.1. The lowest BCUT2D eigenvalue weighted by Gasteiger charge is -2.34. The maximum atomic E-state index is 9.63. The predicted octanol–water partition coefficient (Wildman–Crippen LogP) is 1.05. The fourth-order valence-electron chi connectivity index (χ4n) is 3.36. The van der Waals surface area contributed by atoms with Crippen LogP contribution in [0.25, 0.3) is 0 Å². The van der Waals surface area contributed by atoms with E-state index < -0.39 is 0 Å². The summed E-state index contributed by atoms with van der Waals surface area (Å²) in [7, 11) is 0. The Balaban J connectivity index is 1.73. The van der Waals surface area contributed by atoms with E-state index in [2.05, 4.69) is 28.1 Å². The lowest BCUT2D eigenvalue weighted by Crippen LogP contribution is -2.49. The fraction of sp³-hybridized carbons (Fsp3) is 0.600. The van der Waals surface area contributed by atoms with Crippen LogP contribution < -0.4 is 10.2 Å². The van der Waals surface area contributed by atoms with Gasteiger partial charge in [-0.3, -0.25) is 4.90 Å². The fourth-order valence-corrected chi connectivity index (χ4v) is 3.36. The SMILES string of the molecule is CCN1c2ccc(O)cc2CC1CN1CCNCC1. The second-order valence-electron chi connectivity index (χ2n) is 5.51. The van der Waals surface area contributed by atoms with E-state index in [1.807, 2.05) is 6.07 Å². The largest absolute Gasteiger partial charge is 0.508 e. The zero-order valence-corrected chi connectivity index (χ0v) is 11.6. The first-order valence-corrected chi connectivity index (χ1v) is 7.29. The molecule has 0 aromatic heterocycles. The number of anilines is 1. The Hall–Kier alpha value is -1.26. The van der Waals surface area contributed by atoms with Crippen LogP contribution in [0.5, 0.6) is 5.75 Å². The van der Waals surface area contributed by atoms with Gasteiger partial charge in [0.25, 0.3) is 0 Å². The summed E-state index contributed by atoms with van der Waals surface area (Å²) in [6.07, 6.45) is 1.06. The molecule has 19 heavy (non-hydrogen) atoms. The minimum atomic E-state index is 0.387. The number of benzene rings is 1. The molecule has 4 nitrogen and oxygen atoms in total. The van der Waals surface area contributed by atoms with Crippen LogP contribution in [0.2, 0.25) is 0 Å². The van der Waals surface area contributed by atoms with Gasteiger partial charge in [0.15, 0.2) is 0 Å². The zero-order valence-electron chi connectivity index (χ0n) is 11.6. The molecule has 2 N–H and O–H groups in total. The second-order valence-corrected chi connectivity index (χ2v) is 5.51. The third kappa shape index (κ3) is 2.55. The molecule has 0 bridgehead atoms. The summed E-state index contributed by atoms with van der Waals surface area (Å²) in [5, 5.41) is 13.0. The average molecular weight is 261 g/mol. The quantitative estimate of drug-likeness (QED) is 0.853. The number of nitrogens with zero attached hydrogens (tertiary/aromatic N) is 2. The van der Waals surface area contributed by atoms with E-state index in [0.29, 0.717) is 11.8 Å². The van der Waals surface area contributed by atoms with Gasteiger partial charge in [0.05, 0.1) is 0 Å². The monoisotopic (exact) mass is 261 g/mol. The van der Waals surface area contributed by atoms with Crippen LogP contribution in [-0.2, 0) is 6.42 Å². The number of rotatable bonds is 3. The Kier molecular flexibility index (Phi) is 3.62. The van der Waals surface area contributed by atoms with Gasteiger partial charge in [0.2, 0.25) is 0 Å². The summed E-state index contributed by atoms with van der Waals surface area (Å²) in [6, 6.07) is 6.34. The highest BCUT2D eigenvalue weighted by atomic mass is 16.3. The number of aromatic hydroxyl groups is 1. The zero-order chi connectivity index (χ0) is 13.2. The molecule has 2 aliphatic heterocycles. The molecule has 104 valence electrons. The lowest BCUT2D eigenvalue weighted by molar-refractivity contribution is 0.226. The number of phenols is 1. The van der Waals surface area contributed by atoms with Crippen molar-refractivity contribution in [3.8, 4) is 5.75 Å². The number of hydrogen-bond donors (Lipinski definition) is 2. The molecule has 0 amide bonds. The molecule has 2 heterocycles. The Labute approximate surface area is 115 Å². The Morgan fingerprint density at radius 3 is 2.84 bits per heavy atom. The van der Waals surface area contributed by atoms with E-state index in [-0.39, 0.29) is 0 Å². The maximum Gasteiger partial charge on any atom is 0.116 e. The molecule has 4 heteroatoms. The minimum Gasteiger partial charge on any atom is -0.508 e. The topological polar surface area (TPSA) is 38.7 Å². The van der Waals surface area contributed by atoms with Crippen molar-refractivity contribution < 1.29 is 5.11 Å². The summed E-state index contributed by atoms with van der Waals surface area (Å²) < 4.78 is 0. The third-order valence-corrected chi connectivity index (χ3v) is 4.29. The molecule has 0 saturated carbocycles. The molecule has 1 saturated heterocycles. The van der Waals surface area contributed by atoms with Crippen molar-refractivity contribution in [2.24, 2.45) is 0 Å². The van der Waals surface area contributed by atoms with Crippen molar-refractivity contribution in [3.05, 3.63) is 23.8 Å². The molecule has 0 aliphatic carbocycles. The van der Waals surface area contributed by atoms with E-state index in [0.717, 1.165) is 45.7 Å². The van der Waals surface area contributed by atoms with Crippen molar-refractivity contribution in [3.63, 3.8) is 0 Å². The maximum absolute atomic E-state index is 9.63. The van der Waals surface area contributed by atoms with Crippen molar-refractivity contribution in [1.29, 1.82) is 0 Å². The average Bonchev–Trinajstić information content (AvgIpc) is 2.76. The number of nitrogens with one attached hydrogen (secondary N) is 1. The summed E-state index contributed by atoms with van der Waals surface area (Å²) >= 11 is 0. The van der Waals surface area contributed by atoms with Crippen LogP contribution in [-0.4, -0.2) is 55.3 Å². The van der Waals surface area contributed by atoms with E-state index >= 15 is 0 Å². The Bertz CT molecular complexity index is 443. The first-order chi connectivity index (χ1) is 9.28. The van der Waals surface area contributed by atoms with Gasteiger partial charge in [-0.2, -0.15) is 0 Å². The van der Waals surface area contributed by atoms with Gasteiger partial charge < -0.3 is 15.3 Å². The number of hydrogen-bond acceptors (Lipinski definition) is 4. The van der Waals surface area contributed by atoms with Gasteiger partial charge in [-0.15, -0.1) is 0 Å². The molecule has 1 aromatic carbocycles. The van der Waals surface area contributed by atoms with Gasteiger partial charge in [-0.1, -0.05) is 0 Å². The van der Waals surface area contributed by atoms with E-state index in [9.17, 15) is 5.11 Å². The van der Waals surface area contributed by atoms with Gasteiger partial charge >= 0.3 is 0 Å². The van der Waals surface area contributed by atoms with Gasteiger partial charge in [0, 0.05) is 51.0 Å². The first kappa shape index (κ1) is 12.8. The smallest absolute Gasteiger partial charge is 0.116 e. The van der Waals surface area contributed by atoms with E-state index in [4.69, 9.17) is 0 Å². The van der Waals surface area contributed by atoms with Crippen molar-refractivity contribution in [2.75, 3.05) is 44.2 Å². The number of fused-ring (bicyclic) bond motifs is 1. The molecule has 0 radical (unpaired) electrons. The standard InChI is InChI=1S/C15H23N3O/c1-2-18-13(11-17-7-5-16-6-8-17)9-12-10-14(19)3-4-15(12)18/h3-4,10,13,16,19H,2,5-9,11H2,1H3. The normalized spacial score (nSPS) is 23.6. The van der Waals surface area contributed by atoms with Crippen LogP contribution in [0.4, 0.5) is 5.69 Å². The van der Waals surface area contributed by atoms with Crippen LogP contribution in [0.3, 0.4) is 0 Å². The van der Waals surface area contributed by atoms with Gasteiger partial charge in [-0.25, -0.2) is 0 Å². The van der Waals surface area contributed by atoms with Crippen molar-refractivity contribution in [2.45, 2.75) is 19.4 Å². The minimum absolute atomic E-state index is 0.387. The van der Waals surface area contributed by atoms with Crippen LogP contribution in [0.1, 0.15) is 12.5 Å². The summed E-state index contributed by atoms with van der Waals surface area (Å²) in [6.45, 7) is 8.89. The molecule has 0 spiro atoms. The van der Waals surface area contributed by atoms with Gasteiger partial charge in [0.1, 0.15) is 5.75 Å². The van der Waals surface area contributed by atoms with Crippen molar-refractivity contribution in [1.82, 2.24) is 10.2 Å². The van der Waals surface area contributed by atoms with Gasteiger partial charge in [-0.05, 0) is 37.1 Å². The van der Waals surface area contributed by atoms with Crippen LogP contribution >= 0.6 is 0 Å². The molecule has 3 rings (SSSR count). The Morgan fingerprint density at radius 2 is 2.11 bits per heavy atom. The molecular formula is C15H23N3O. The molecule has 1 fully saturated rings. The molecule has 1 unspecified atom stereocenters. The van der Waals surface area contributed by atoms with E-state index in [1.165, 1.54) is 11.3 Å². The van der Waals surface area contributed by atoms with E-state index in [1.54, 1.807) is 6.07 Å². The highest BCUT2D eigenvalue weighted by Crippen LogP contribution is 2.34. The second kappa shape index (κ2) is 5.39. The molecule has 1 atom stereocenters. The first-order valence-electron chi connectivity index (χ1n) is 7.29. The summed E-state index contributed by atoms with van der Waals surface area (Å²) in [5.41, 5.74) is 2.60. The number of likely N-dealkylation sites (N-methyl/N-ethyl adjacent to an activating group) is 1. The van der Waals surface area contributed by atoms with Crippen molar-refractivity contribution >= 4 is 5.69 Å². The molecule has 2 aliphatic rings. The molecular weight excluding hydrogens is 238 g/mol. The highest BCUT2D eigenvalue weighted by molar-refractivity contribution is 5.61. The summed E-state index contributed by atoms with van der Waals surface area (Å²) in [4.78, 5) is 5.03. The number of piperazine rings is 1. The molecule has 1 aromatic rings. The van der Waals surface area contributed by atoms with Crippen LogP contribution in [0, 0.1) is 0 Å². The highest BCUT2D eigenvalue weighted by Gasteiger charge is 2.29. The third-order valence-electron chi connectivity index (χ3n) is 4.29. The Morgan fingerprint density at radius 1 is 1.32 bits per heavy atom.